The molecule has 1 aliphatic carbocycles. The van der Waals surface area contributed by atoms with Crippen molar-refractivity contribution in [3.63, 3.8) is 0 Å². The maximum Gasteiger partial charge on any atom is 0.335 e. The van der Waals surface area contributed by atoms with Crippen LogP contribution in [0.1, 0.15) is 41.0 Å². The number of nitrogens with two attached hydrogens (primary N) is 1. The van der Waals surface area contributed by atoms with E-state index in [4.69, 9.17) is 15.2 Å². The lowest BCUT2D eigenvalue weighted by Gasteiger charge is -2.27. The number of ether oxygens (including phenoxy) is 2. The second-order valence-corrected chi connectivity index (χ2v) is 10.3. The van der Waals surface area contributed by atoms with Crippen molar-refractivity contribution in [1.29, 1.82) is 0 Å². The molecule has 2 aliphatic rings. The van der Waals surface area contributed by atoms with Crippen LogP contribution in [0.3, 0.4) is 0 Å². The molecule has 3 heterocycles. The highest BCUT2D eigenvalue weighted by molar-refractivity contribution is 5.92. The molecular weight excluding hydrogens is 532 g/mol. The fourth-order valence-electron chi connectivity index (χ4n) is 4.69. The van der Waals surface area contributed by atoms with Gasteiger partial charge in [-0.3, -0.25) is 0 Å². The molecule has 1 atom stereocenters. The number of carboxylic acid groups (broad SMARTS) is 1. The highest BCUT2D eigenvalue weighted by atomic mass is 19.1. The van der Waals surface area contributed by atoms with Crippen molar-refractivity contribution in [2.24, 2.45) is 5.73 Å². The molecule has 4 N–H and O–H groups in total. The summed E-state index contributed by atoms with van der Waals surface area (Å²) in [5.41, 5.74) is 8.09. The van der Waals surface area contributed by atoms with Crippen LogP contribution < -0.4 is 15.8 Å². The highest BCUT2D eigenvalue weighted by Gasteiger charge is 2.24. The molecule has 1 saturated carbocycles. The van der Waals surface area contributed by atoms with Crippen LogP contribution in [0.25, 0.3) is 22.3 Å². The second-order valence-electron chi connectivity index (χ2n) is 10.3. The third kappa shape index (κ3) is 5.99. The van der Waals surface area contributed by atoms with Gasteiger partial charge in [-0.15, -0.1) is 0 Å². The van der Waals surface area contributed by atoms with Crippen LogP contribution in [0.15, 0.2) is 60.4 Å². The summed E-state index contributed by atoms with van der Waals surface area (Å²) < 4.78 is 43.8. The van der Waals surface area contributed by atoms with Gasteiger partial charge < -0.3 is 30.2 Å². The minimum absolute atomic E-state index is 0.00177. The quantitative estimate of drug-likeness (QED) is 0.246. The summed E-state index contributed by atoms with van der Waals surface area (Å²) in [7, 11) is 0. The van der Waals surface area contributed by atoms with Gasteiger partial charge in [0, 0.05) is 36.9 Å². The number of rotatable bonds is 11. The molecule has 212 valence electrons. The van der Waals surface area contributed by atoms with Gasteiger partial charge in [-0.25, -0.2) is 23.5 Å². The van der Waals surface area contributed by atoms with E-state index < -0.39 is 17.6 Å². The number of nitrogens with zero attached hydrogens (tertiary/aromatic N) is 3. The third-order valence-corrected chi connectivity index (χ3v) is 7.21. The predicted molar refractivity (Wildman–Crippen MR) is 147 cm³/mol. The van der Waals surface area contributed by atoms with E-state index in [1.807, 2.05) is 4.57 Å². The maximum absolute atomic E-state index is 15.4. The lowest BCUT2D eigenvalue weighted by atomic mass is 10.0. The van der Waals surface area contributed by atoms with Gasteiger partial charge in [0.15, 0.2) is 0 Å². The van der Waals surface area contributed by atoms with Gasteiger partial charge in [-0.1, -0.05) is 6.07 Å². The summed E-state index contributed by atoms with van der Waals surface area (Å²) in [5.74, 6) is -1.59. The number of hydrogen-bond acceptors (Lipinski definition) is 7. The van der Waals surface area contributed by atoms with Crippen LogP contribution in [0.4, 0.5) is 8.78 Å². The molecule has 0 unspecified atom stereocenters. The first kappa shape index (κ1) is 26.7. The van der Waals surface area contributed by atoms with Gasteiger partial charge in [0.25, 0.3) is 0 Å². The smallest absolute Gasteiger partial charge is 0.335 e. The lowest BCUT2D eigenvalue weighted by molar-refractivity contribution is -0.0589. The van der Waals surface area contributed by atoms with Gasteiger partial charge in [-0.05, 0) is 61.2 Å². The Bertz CT molecular complexity index is 1650. The molecule has 11 heteroatoms. The number of carbonyl (C=O) groups is 1. The Balaban J connectivity index is 1.24. The maximum atomic E-state index is 15.4. The lowest BCUT2D eigenvalue weighted by Crippen LogP contribution is -2.31. The number of carboxylic acids is 1. The fraction of sp³-hybridized carbons (Fsp3) is 0.300. The Morgan fingerprint density at radius 2 is 1.98 bits per heavy atom. The molecule has 2 aromatic heterocycles. The Morgan fingerprint density at radius 1 is 1.15 bits per heavy atom. The summed E-state index contributed by atoms with van der Waals surface area (Å²) in [6.07, 6.45) is 4.77. The average molecular weight is 562 g/mol. The number of fused-ring (bicyclic) bond motifs is 1. The SMILES string of the molecule is N/C(=C\NC1CC1)COc1cccc(-c2cc(F)c(Cc3nc4ccc(C(=O)O)cc4n3C[C@@H]3CCO3)cc2F)n1. The molecule has 6 rings (SSSR count). The van der Waals surface area contributed by atoms with Crippen molar-refractivity contribution in [2.75, 3.05) is 13.2 Å². The molecule has 0 bridgehead atoms. The molecule has 0 radical (unpaired) electrons. The molecule has 0 spiro atoms. The van der Waals surface area contributed by atoms with E-state index in [9.17, 15) is 9.90 Å². The van der Waals surface area contributed by atoms with Crippen LogP contribution in [-0.4, -0.2) is 51.0 Å². The van der Waals surface area contributed by atoms with Crippen molar-refractivity contribution in [3.05, 3.63) is 89.0 Å². The molecule has 2 fully saturated rings. The molecular formula is C30H29F2N5O4. The monoisotopic (exact) mass is 561 g/mol. The largest absolute Gasteiger partial charge is 0.478 e. The van der Waals surface area contributed by atoms with Crippen LogP contribution >= 0.6 is 0 Å². The van der Waals surface area contributed by atoms with E-state index in [0.717, 1.165) is 31.4 Å². The molecule has 0 amide bonds. The predicted octanol–water partition coefficient (Wildman–Crippen LogP) is 4.39. The Kier molecular flexibility index (Phi) is 7.27. The number of aromatic carboxylic acids is 1. The molecule has 4 aromatic rings. The first-order valence-corrected chi connectivity index (χ1v) is 13.5. The Morgan fingerprint density at radius 3 is 2.71 bits per heavy atom. The normalized spacial score (nSPS) is 16.9. The van der Waals surface area contributed by atoms with E-state index >= 15 is 8.78 Å². The van der Waals surface area contributed by atoms with Crippen molar-refractivity contribution >= 4 is 17.0 Å². The van der Waals surface area contributed by atoms with Crippen molar-refractivity contribution in [1.82, 2.24) is 19.9 Å². The van der Waals surface area contributed by atoms with Crippen LogP contribution in [0.5, 0.6) is 5.88 Å². The third-order valence-electron chi connectivity index (χ3n) is 7.21. The molecule has 1 aliphatic heterocycles. The van der Waals surface area contributed by atoms with Gasteiger partial charge in [-0.2, -0.15) is 0 Å². The summed E-state index contributed by atoms with van der Waals surface area (Å²) in [5, 5.41) is 12.6. The topological polar surface area (TPSA) is 125 Å². The standard InChI is InChI=1S/C30H29F2N5O4/c31-23-13-22(25-2-1-3-29(36-25)41-16-19(33)14-34-20-5-6-20)24(32)10-18(23)12-28-35-26-7-4-17(30(38)39)11-27(26)37(28)15-21-8-9-40-21/h1-4,7,10-11,13-14,20-21,34H,5-6,8-9,12,15-16,33H2,(H,38,39)/b19-14-/t21-/m0/s1. The molecule has 41 heavy (non-hydrogen) atoms. The highest BCUT2D eigenvalue weighted by Crippen LogP contribution is 2.29. The first-order chi connectivity index (χ1) is 19.8. The van der Waals surface area contributed by atoms with Crippen molar-refractivity contribution < 1.29 is 28.2 Å². The van der Waals surface area contributed by atoms with Gasteiger partial charge in [0.1, 0.15) is 24.1 Å². The molecule has 1 saturated heterocycles. The van der Waals surface area contributed by atoms with Crippen molar-refractivity contribution in [2.45, 2.75) is 44.4 Å². The Labute approximate surface area is 234 Å². The number of hydrogen-bond donors (Lipinski definition) is 3. The Hall–Kier alpha value is -4.51. The summed E-state index contributed by atoms with van der Waals surface area (Å²) >= 11 is 0. The molecule has 2 aromatic carbocycles. The number of pyridine rings is 1. The zero-order chi connectivity index (χ0) is 28.5. The van der Waals surface area contributed by atoms with E-state index in [-0.39, 0.29) is 47.4 Å². The average Bonchev–Trinajstić information content (AvgIpc) is 3.71. The van der Waals surface area contributed by atoms with E-state index in [2.05, 4.69) is 15.3 Å². The zero-order valence-corrected chi connectivity index (χ0v) is 22.1. The van der Waals surface area contributed by atoms with Crippen molar-refractivity contribution in [3.8, 4) is 17.1 Å². The summed E-state index contributed by atoms with van der Waals surface area (Å²) in [4.78, 5) is 20.5. The van der Waals surface area contributed by atoms with Crippen LogP contribution in [0, 0.1) is 11.6 Å². The van der Waals surface area contributed by atoms with Gasteiger partial charge in [0.05, 0.1) is 40.6 Å². The zero-order valence-electron chi connectivity index (χ0n) is 22.1. The van der Waals surface area contributed by atoms with E-state index in [0.29, 0.717) is 41.7 Å². The number of aromatic nitrogens is 3. The van der Waals surface area contributed by atoms with Crippen LogP contribution in [-0.2, 0) is 17.7 Å². The number of nitrogens with one attached hydrogen (secondary N) is 1. The number of benzene rings is 2. The minimum Gasteiger partial charge on any atom is -0.478 e. The number of halogens is 2. The second kappa shape index (κ2) is 11.2. The number of imidazole rings is 1. The van der Waals surface area contributed by atoms with E-state index in [1.165, 1.54) is 6.07 Å². The summed E-state index contributed by atoms with van der Waals surface area (Å²) in [6, 6.07) is 12.2. The van der Waals surface area contributed by atoms with Gasteiger partial charge in [0.2, 0.25) is 5.88 Å². The first-order valence-electron chi connectivity index (χ1n) is 13.5. The van der Waals surface area contributed by atoms with E-state index in [1.54, 1.807) is 36.5 Å². The fourth-order valence-corrected chi connectivity index (χ4v) is 4.69. The van der Waals surface area contributed by atoms with Crippen LogP contribution in [0.2, 0.25) is 0 Å². The van der Waals surface area contributed by atoms with Gasteiger partial charge >= 0.3 is 5.97 Å². The minimum atomic E-state index is -1.06. The summed E-state index contributed by atoms with van der Waals surface area (Å²) in [6.45, 7) is 1.19. The molecule has 9 nitrogen and oxygen atoms in total.